The van der Waals surface area contributed by atoms with Crippen molar-refractivity contribution in [2.75, 3.05) is 25.5 Å². The van der Waals surface area contributed by atoms with E-state index in [2.05, 4.69) is 15.3 Å². The van der Waals surface area contributed by atoms with Gasteiger partial charge in [-0.3, -0.25) is 9.48 Å². The second kappa shape index (κ2) is 8.59. The van der Waals surface area contributed by atoms with Crippen LogP contribution >= 0.6 is 0 Å². The molecule has 0 unspecified atom stereocenters. The smallest absolute Gasteiger partial charge is 0.322 e. The molecule has 0 radical (unpaired) electrons. The predicted molar refractivity (Wildman–Crippen MR) is 115 cm³/mol. The van der Waals surface area contributed by atoms with Crippen LogP contribution in [0.15, 0.2) is 18.2 Å². The maximum Gasteiger partial charge on any atom is 0.322 e. The van der Waals surface area contributed by atoms with Crippen LogP contribution < -0.4 is 5.32 Å². The Labute approximate surface area is 185 Å². The van der Waals surface area contributed by atoms with Crippen LogP contribution in [0, 0.1) is 18.3 Å². The molecule has 3 amide bonds. The van der Waals surface area contributed by atoms with Gasteiger partial charge in [0.15, 0.2) is 0 Å². The molecular weight excluding hydrogens is 415 g/mol. The number of urea groups is 1. The average molecular weight is 440 g/mol. The van der Waals surface area contributed by atoms with Gasteiger partial charge in [-0.25, -0.2) is 14.0 Å². The maximum absolute atomic E-state index is 13.6. The van der Waals surface area contributed by atoms with Gasteiger partial charge in [0.1, 0.15) is 11.5 Å². The molecule has 4 rings (SSSR count). The number of aliphatic hydroxyl groups is 1. The number of aromatic nitrogens is 2. The third-order valence-electron chi connectivity index (χ3n) is 6.13. The fourth-order valence-electron chi connectivity index (χ4n) is 4.32. The van der Waals surface area contributed by atoms with E-state index >= 15 is 0 Å². The maximum atomic E-state index is 13.6. The first-order valence-electron chi connectivity index (χ1n) is 10.6. The molecule has 2 atom stereocenters. The summed E-state index contributed by atoms with van der Waals surface area (Å²) in [5, 5.41) is 17.7. The molecule has 0 saturated carbocycles. The summed E-state index contributed by atoms with van der Waals surface area (Å²) in [6.07, 6.45) is 0.559. The largest absolute Gasteiger partial charge is 0.393 e. The van der Waals surface area contributed by atoms with Gasteiger partial charge in [0, 0.05) is 50.3 Å². The molecule has 0 bridgehead atoms. The van der Waals surface area contributed by atoms with Crippen LogP contribution in [0.5, 0.6) is 0 Å². The number of fused-ring (bicyclic) bond motifs is 3. The third kappa shape index (κ3) is 3.91. The molecule has 0 spiro atoms. The number of anilines is 1. The minimum Gasteiger partial charge on any atom is -0.393 e. The van der Waals surface area contributed by atoms with Crippen molar-refractivity contribution in [3.63, 3.8) is 0 Å². The summed E-state index contributed by atoms with van der Waals surface area (Å²) < 4.78 is 15.2. The lowest BCUT2D eigenvalue weighted by atomic mass is 10.0. The molecule has 10 heteroatoms. The van der Waals surface area contributed by atoms with Gasteiger partial charge in [0.25, 0.3) is 5.91 Å². The number of halogens is 1. The number of amides is 3. The molecule has 2 aliphatic heterocycles. The second-order valence-electron chi connectivity index (χ2n) is 8.26. The van der Waals surface area contributed by atoms with Gasteiger partial charge >= 0.3 is 6.03 Å². The SMILES string of the molecule is [C-]#[N+]c1cc(NC(=O)N2CCc3nn4c(c3C2)C(=O)N(C)C[C@@H]([C@H](O)CC)C4)ccc1F. The zero-order chi connectivity index (χ0) is 23.0. The Morgan fingerprint density at radius 2 is 2.22 bits per heavy atom. The molecule has 3 heterocycles. The number of carbonyl (C=O) groups is 2. The molecule has 2 aliphatic rings. The fourth-order valence-corrected chi connectivity index (χ4v) is 4.32. The third-order valence-corrected chi connectivity index (χ3v) is 6.13. The highest BCUT2D eigenvalue weighted by Crippen LogP contribution is 2.28. The van der Waals surface area contributed by atoms with Crippen LogP contribution in [0.1, 0.15) is 35.1 Å². The summed E-state index contributed by atoms with van der Waals surface area (Å²) in [7, 11) is 1.71. The number of nitrogens with zero attached hydrogens (tertiary/aromatic N) is 5. The molecular formula is C22H25FN6O3. The lowest BCUT2D eigenvalue weighted by Crippen LogP contribution is -2.40. The lowest BCUT2D eigenvalue weighted by Gasteiger charge is -2.27. The van der Waals surface area contributed by atoms with E-state index in [1.165, 1.54) is 12.1 Å². The monoisotopic (exact) mass is 440 g/mol. The molecule has 168 valence electrons. The zero-order valence-electron chi connectivity index (χ0n) is 18.0. The van der Waals surface area contributed by atoms with Crippen molar-refractivity contribution in [2.24, 2.45) is 5.92 Å². The van der Waals surface area contributed by atoms with Crippen LogP contribution in [0.4, 0.5) is 20.6 Å². The first-order valence-corrected chi connectivity index (χ1v) is 10.6. The quantitative estimate of drug-likeness (QED) is 0.718. The van der Waals surface area contributed by atoms with Crippen molar-refractivity contribution in [2.45, 2.75) is 39.0 Å². The van der Waals surface area contributed by atoms with Crippen LogP contribution in [-0.2, 0) is 19.5 Å². The van der Waals surface area contributed by atoms with Gasteiger partial charge in [0.05, 0.1) is 24.9 Å². The molecule has 1 aromatic heterocycles. The number of nitrogens with one attached hydrogen (secondary N) is 1. The number of benzene rings is 1. The lowest BCUT2D eigenvalue weighted by molar-refractivity contribution is 0.0626. The summed E-state index contributed by atoms with van der Waals surface area (Å²) in [5.74, 6) is -0.935. The Bertz CT molecular complexity index is 1110. The first kappa shape index (κ1) is 21.8. The molecule has 0 aliphatic carbocycles. The Morgan fingerprint density at radius 3 is 2.94 bits per heavy atom. The van der Waals surface area contributed by atoms with E-state index in [1.54, 1.807) is 21.5 Å². The van der Waals surface area contributed by atoms with Crippen LogP contribution in [-0.4, -0.2) is 62.9 Å². The number of carbonyl (C=O) groups excluding carboxylic acids is 2. The highest BCUT2D eigenvalue weighted by atomic mass is 19.1. The summed E-state index contributed by atoms with van der Waals surface area (Å²) >= 11 is 0. The van der Waals surface area contributed by atoms with E-state index in [9.17, 15) is 19.1 Å². The molecule has 2 aromatic rings. The van der Waals surface area contributed by atoms with Gasteiger partial charge < -0.3 is 20.2 Å². The van der Waals surface area contributed by atoms with Crippen LogP contribution in [0.25, 0.3) is 4.85 Å². The van der Waals surface area contributed by atoms with Crippen molar-refractivity contribution >= 4 is 23.3 Å². The summed E-state index contributed by atoms with van der Waals surface area (Å²) in [5.41, 5.74) is 2.13. The van der Waals surface area contributed by atoms with E-state index in [0.29, 0.717) is 43.9 Å². The van der Waals surface area contributed by atoms with Gasteiger partial charge in [-0.1, -0.05) is 6.92 Å². The number of hydrogen-bond acceptors (Lipinski definition) is 4. The van der Waals surface area contributed by atoms with Crippen LogP contribution in [0.3, 0.4) is 0 Å². The van der Waals surface area contributed by atoms with Gasteiger partial charge in [0.2, 0.25) is 5.69 Å². The molecule has 9 nitrogen and oxygen atoms in total. The minimum atomic E-state index is -0.641. The predicted octanol–water partition coefficient (Wildman–Crippen LogP) is 2.64. The molecule has 1 aromatic carbocycles. The Hall–Kier alpha value is -3.45. The van der Waals surface area contributed by atoms with Gasteiger partial charge in [-0.15, -0.1) is 0 Å². The van der Waals surface area contributed by atoms with Crippen LogP contribution in [0.2, 0.25) is 0 Å². The topological polar surface area (TPSA) is 95.1 Å². The Balaban J connectivity index is 1.57. The van der Waals surface area contributed by atoms with E-state index in [4.69, 9.17) is 6.57 Å². The van der Waals surface area contributed by atoms with Crippen molar-refractivity contribution in [1.29, 1.82) is 0 Å². The van der Waals surface area contributed by atoms with E-state index < -0.39 is 18.0 Å². The minimum absolute atomic E-state index is 0.119. The van der Waals surface area contributed by atoms with Crippen molar-refractivity contribution in [3.05, 3.63) is 52.4 Å². The standard InChI is InChI=1S/C22H25FN6O3/c1-4-19(30)13-10-27(3)21(31)20-15-12-28(8-7-17(15)26-29(20)11-13)22(32)25-14-5-6-16(23)18(9-14)24-2/h5-6,9,13,19,30H,4,7-8,10-12H2,1,3H3,(H,25,32)/t13-,19-/m1/s1. The fraction of sp³-hybridized carbons (Fsp3) is 0.455. The second-order valence-corrected chi connectivity index (χ2v) is 8.26. The number of hydrogen-bond donors (Lipinski definition) is 2. The summed E-state index contributed by atoms with van der Waals surface area (Å²) in [6.45, 7) is 10.4. The average Bonchev–Trinajstić information content (AvgIpc) is 3.09. The van der Waals surface area contributed by atoms with Gasteiger partial charge in [-0.05, 0) is 24.6 Å². The molecule has 0 saturated heterocycles. The normalized spacial score (nSPS) is 19.0. The first-order chi connectivity index (χ1) is 15.3. The van der Waals surface area contributed by atoms with Crippen molar-refractivity contribution < 1.29 is 19.1 Å². The Kier molecular flexibility index (Phi) is 5.84. The summed E-state index contributed by atoms with van der Waals surface area (Å²) in [4.78, 5) is 32.2. The van der Waals surface area contributed by atoms with Crippen molar-refractivity contribution in [1.82, 2.24) is 19.6 Å². The zero-order valence-corrected chi connectivity index (χ0v) is 18.0. The van der Waals surface area contributed by atoms with E-state index in [1.807, 2.05) is 6.92 Å². The highest BCUT2D eigenvalue weighted by molar-refractivity contribution is 5.95. The summed E-state index contributed by atoms with van der Waals surface area (Å²) in [6, 6.07) is 3.44. The highest BCUT2D eigenvalue weighted by Gasteiger charge is 2.36. The molecule has 2 N–H and O–H groups in total. The molecule has 0 fully saturated rings. The Morgan fingerprint density at radius 1 is 1.44 bits per heavy atom. The number of aliphatic hydroxyl groups excluding tert-OH is 1. The van der Waals surface area contributed by atoms with Gasteiger partial charge in [-0.2, -0.15) is 5.10 Å². The van der Waals surface area contributed by atoms with E-state index in [0.717, 1.165) is 17.3 Å². The van der Waals surface area contributed by atoms with E-state index in [-0.39, 0.29) is 24.1 Å². The van der Waals surface area contributed by atoms with Crippen molar-refractivity contribution in [3.8, 4) is 0 Å². The number of rotatable bonds is 3. The molecule has 32 heavy (non-hydrogen) atoms.